The average molecular weight is 408 g/mol. The Morgan fingerprint density at radius 1 is 1.24 bits per heavy atom. The lowest BCUT2D eigenvalue weighted by Crippen LogP contribution is -2.34. The van der Waals surface area contributed by atoms with Gasteiger partial charge in [-0.2, -0.15) is 4.31 Å². The maximum atomic E-state index is 11.8. The molecule has 0 radical (unpaired) electrons. The van der Waals surface area contributed by atoms with Crippen LogP contribution in [0.5, 0.6) is 5.75 Å². The number of carboxylic acids is 1. The van der Waals surface area contributed by atoms with Gasteiger partial charge >= 0.3 is 5.97 Å². The normalized spacial score (nSPS) is 11.0. The molecule has 1 N–H and O–H groups in total. The van der Waals surface area contributed by atoms with E-state index in [-0.39, 0.29) is 26.1 Å². The van der Waals surface area contributed by atoms with Gasteiger partial charge in [0.05, 0.1) is 12.8 Å². The summed E-state index contributed by atoms with van der Waals surface area (Å²) in [5, 5.41) is 9.38. The van der Waals surface area contributed by atoms with Crippen LogP contribution in [0.4, 0.5) is 0 Å². The molecular formula is C16H19Cl2NO5S. The number of halogens is 2. The highest BCUT2D eigenvalue weighted by atomic mass is 35.5. The number of benzene rings is 1. The summed E-state index contributed by atoms with van der Waals surface area (Å²) in [5.41, 5.74) is 0. The number of hydrogen-bond acceptors (Lipinski definition) is 4. The fourth-order valence-corrected chi connectivity index (χ4v) is 3.01. The Morgan fingerprint density at radius 2 is 1.88 bits per heavy atom. The predicted molar refractivity (Wildman–Crippen MR) is 97.6 cm³/mol. The Morgan fingerprint density at radius 3 is 2.44 bits per heavy atom. The average Bonchev–Trinajstić information content (AvgIpc) is 2.46. The van der Waals surface area contributed by atoms with Crippen molar-refractivity contribution in [3.8, 4) is 17.6 Å². The van der Waals surface area contributed by atoms with Crippen molar-refractivity contribution in [3.05, 3.63) is 28.2 Å². The van der Waals surface area contributed by atoms with E-state index in [1.807, 2.05) is 0 Å². The van der Waals surface area contributed by atoms with Gasteiger partial charge in [-0.25, -0.2) is 8.42 Å². The highest BCUT2D eigenvalue weighted by molar-refractivity contribution is 7.88. The zero-order chi connectivity index (χ0) is 18.9. The molecule has 0 unspecified atom stereocenters. The van der Waals surface area contributed by atoms with E-state index in [4.69, 9.17) is 33.0 Å². The number of hydrogen-bond donors (Lipinski definition) is 1. The zero-order valence-electron chi connectivity index (χ0n) is 13.7. The molecule has 0 amide bonds. The lowest BCUT2D eigenvalue weighted by molar-refractivity contribution is -0.137. The van der Waals surface area contributed by atoms with Gasteiger partial charge in [-0.3, -0.25) is 4.79 Å². The monoisotopic (exact) mass is 407 g/mol. The molecule has 0 aliphatic rings. The molecule has 6 nitrogen and oxygen atoms in total. The van der Waals surface area contributed by atoms with Crippen molar-refractivity contribution in [2.24, 2.45) is 0 Å². The van der Waals surface area contributed by atoms with Crippen molar-refractivity contribution in [2.75, 3.05) is 26.0 Å². The molecule has 9 heteroatoms. The number of ether oxygens (including phenoxy) is 1. The van der Waals surface area contributed by atoms with Gasteiger partial charge in [-0.1, -0.05) is 29.1 Å². The number of unbranched alkanes of at least 4 members (excludes halogenated alkanes) is 1. The second-order valence-corrected chi connectivity index (χ2v) is 8.01. The first-order valence-corrected chi connectivity index (χ1v) is 10.0. The summed E-state index contributed by atoms with van der Waals surface area (Å²) in [4.78, 5) is 10.4. The SMILES string of the molecule is CS(=O)(=O)N(CC#CCCCC(=O)O)CCOc1cc(Cl)cc(Cl)c1. The predicted octanol–water partition coefficient (Wildman–Crippen LogP) is 2.89. The van der Waals surface area contributed by atoms with E-state index < -0.39 is 16.0 Å². The Hall–Kier alpha value is -1.46. The molecule has 1 aromatic carbocycles. The van der Waals surface area contributed by atoms with Gasteiger partial charge in [0.2, 0.25) is 10.0 Å². The van der Waals surface area contributed by atoms with Gasteiger partial charge in [0, 0.05) is 29.4 Å². The first-order valence-electron chi connectivity index (χ1n) is 7.40. The number of aliphatic carboxylic acids is 1. The number of sulfonamides is 1. The topological polar surface area (TPSA) is 83.9 Å². The minimum absolute atomic E-state index is 0.0194. The summed E-state index contributed by atoms with van der Waals surface area (Å²) in [5.74, 6) is 5.08. The smallest absolute Gasteiger partial charge is 0.303 e. The third kappa shape index (κ3) is 9.56. The van der Waals surface area contributed by atoms with Crippen molar-refractivity contribution in [3.63, 3.8) is 0 Å². The van der Waals surface area contributed by atoms with Crippen molar-refractivity contribution >= 4 is 39.2 Å². The van der Waals surface area contributed by atoms with E-state index in [1.54, 1.807) is 18.2 Å². The molecule has 0 saturated heterocycles. The van der Waals surface area contributed by atoms with Gasteiger partial charge in [0.1, 0.15) is 12.4 Å². The number of rotatable bonds is 9. The van der Waals surface area contributed by atoms with Crippen molar-refractivity contribution < 1.29 is 23.1 Å². The van der Waals surface area contributed by atoms with Gasteiger partial charge in [-0.05, 0) is 24.6 Å². The maximum absolute atomic E-state index is 11.8. The van der Waals surface area contributed by atoms with Gasteiger partial charge < -0.3 is 9.84 Å². The second kappa shape index (κ2) is 10.5. The van der Waals surface area contributed by atoms with Crippen LogP contribution in [-0.2, 0) is 14.8 Å². The van der Waals surface area contributed by atoms with Gasteiger partial charge in [-0.15, -0.1) is 5.92 Å². The van der Waals surface area contributed by atoms with Crippen molar-refractivity contribution in [1.82, 2.24) is 4.31 Å². The maximum Gasteiger partial charge on any atom is 0.303 e. The molecule has 0 aliphatic carbocycles. The fraction of sp³-hybridized carbons (Fsp3) is 0.438. The highest BCUT2D eigenvalue weighted by Crippen LogP contribution is 2.24. The van der Waals surface area contributed by atoms with Gasteiger partial charge in [0.25, 0.3) is 0 Å². The molecule has 25 heavy (non-hydrogen) atoms. The number of nitrogens with zero attached hydrogens (tertiary/aromatic N) is 1. The third-order valence-electron chi connectivity index (χ3n) is 2.99. The Labute approximate surface area is 157 Å². The van der Waals surface area contributed by atoms with Crippen molar-refractivity contribution in [1.29, 1.82) is 0 Å². The van der Waals surface area contributed by atoms with Crippen LogP contribution in [0.15, 0.2) is 18.2 Å². The van der Waals surface area contributed by atoms with E-state index in [9.17, 15) is 13.2 Å². The lowest BCUT2D eigenvalue weighted by atomic mass is 10.2. The van der Waals surface area contributed by atoms with Crippen LogP contribution in [-0.4, -0.2) is 49.8 Å². The van der Waals surface area contributed by atoms with Crippen molar-refractivity contribution in [2.45, 2.75) is 19.3 Å². The Balaban J connectivity index is 2.51. The first kappa shape index (κ1) is 21.6. The Kier molecular flexibility index (Phi) is 9.08. The molecule has 1 aromatic rings. The molecule has 0 saturated carbocycles. The molecular weight excluding hydrogens is 389 g/mol. The highest BCUT2D eigenvalue weighted by Gasteiger charge is 2.15. The molecule has 0 fully saturated rings. The first-order chi connectivity index (χ1) is 11.7. The summed E-state index contributed by atoms with van der Waals surface area (Å²) < 4.78 is 30.2. The fourth-order valence-electron chi connectivity index (χ4n) is 1.80. The minimum atomic E-state index is -3.44. The molecule has 1 rings (SSSR count). The summed E-state index contributed by atoms with van der Waals surface area (Å²) in [6.07, 6.45) is 1.97. The molecule has 138 valence electrons. The van der Waals surface area contributed by atoms with E-state index in [2.05, 4.69) is 11.8 Å². The number of carboxylic acid groups (broad SMARTS) is 1. The van der Waals surface area contributed by atoms with E-state index in [1.165, 1.54) is 4.31 Å². The van der Waals surface area contributed by atoms with Crippen LogP contribution >= 0.6 is 23.2 Å². The summed E-state index contributed by atoms with van der Waals surface area (Å²) >= 11 is 11.7. The van der Waals surface area contributed by atoms with Crippen LogP contribution in [0, 0.1) is 11.8 Å². The minimum Gasteiger partial charge on any atom is -0.492 e. The van der Waals surface area contributed by atoms with Crippen LogP contribution < -0.4 is 4.74 Å². The van der Waals surface area contributed by atoms with Crippen LogP contribution in [0.3, 0.4) is 0 Å². The molecule has 0 aromatic heterocycles. The van der Waals surface area contributed by atoms with E-state index >= 15 is 0 Å². The standard InChI is InChI=1S/C16H19Cl2NO5S/c1-25(22,23)19(7-5-3-2-4-6-16(20)21)8-9-24-15-11-13(17)10-14(18)12-15/h10-12H,2,4,6-9H2,1H3,(H,20,21). The van der Waals surface area contributed by atoms with Crippen LogP contribution in [0.1, 0.15) is 19.3 Å². The van der Waals surface area contributed by atoms with E-state index in [0.717, 1.165) is 6.26 Å². The molecule has 0 aliphatic heterocycles. The quantitative estimate of drug-likeness (QED) is 0.502. The largest absolute Gasteiger partial charge is 0.492 e. The van der Waals surface area contributed by atoms with E-state index in [0.29, 0.717) is 28.6 Å². The van der Waals surface area contributed by atoms with Gasteiger partial charge in [0.15, 0.2) is 0 Å². The molecule has 0 atom stereocenters. The lowest BCUT2D eigenvalue weighted by Gasteiger charge is -2.17. The molecule has 0 heterocycles. The third-order valence-corrected chi connectivity index (χ3v) is 4.67. The number of carbonyl (C=O) groups is 1. The summed E-state index contributed by atoms with van der Waals surface area (Å²) in [7, 11) is -3.44. The van der Waals surface area contributed by atoms with Crippen LogP contribution in [0.2, 0.25) is 10.0 Å². The molecule has 0 spiro atoms. The Bertz CT molecular complexity index is 735. The van der Waals surface area contributed by atoms with Crippen LogP contribution in [0.25, 0.3) is 0 Å². The zero-order valence-corrected chi connectivity index (χ0v) is 16.0. The molecule has 0 bridgehead atoms. The summed E-state index contributed by atoms with van der Waals surface area (Å²) in [6.45, 7) is 0.253. The summed E-state index contributed by atoms with van der Waals surface area (Å²) in [6, 6.07) is 4.74. The second-order valence-electron chi connectivity index (χ2n) is 5.15.